The smallest absolute Gasteiger partial charge is 0.224 e. The van der Waals surface area contributed by atoms with E-state index in [1.54, 1.807) is 0 Å². The summed E-state index contributed by atoms with van der Waals surface area (Å²) in [6.45, 7) is 12.8. The van der Waals surface area contributed by atoms with Gasteiger partial charge in [-0.25, -0.2) is 4.98 Å². The molecule has 6 nitrogen and oxygen atoms in total. The Morgan fingerprint density at radius 2 is 1.63 bits per heavy atom. The molecule has 0 atom stereocenters. The van der Waals surface area contributed by atoms with Crippen LogP contribution in [0.25, 0.3) is 22.2 Å². The molecule has 190 valence electrons. The fourth-order valence-corrected chi connectivity index (χ4v) is 5.19. The Labute approximate surface area is 211 Å². The molecule has 1 aromatic carbocycles. The number of benzene rings is 1. The van der Waals surface area contributed by atoms with Crippen molar-refractivity contribution in [1.82, 2.24) is 24.3 Å². The molecule has 5 rings (SSSR count). The number of nitrogens with one attached hydrogen (secondary N) is 1. The van der Waals surface area contributed by atoms with Crippen LogP contribution < -0.4 is 5.32 Å². The van der Waals surface area contributed by atoms with Crippen molar-refractivity contribution >= 4 is 17.0 Å². The second-order valence-electron chi connectivity index (χ2n) is 10.2. The molecule has 0 amide bonds. The van der Waals surface area contributed by atoms with Crippen molar-refractivity contribution in [1.29, 1.82) is 0 Å². The molecule has 1 saturated heterocycles. The number of hydrogen-bond donors (Lipinski definition) is 1. The molecule has 0 spiro atoms. The Balaban J connectivity index is 0.000000917. The van der Waals surface area contributed by atoms with Crippen LogP contribution in [0, 0.1) is 0 Å². The first-order valence-electron chi connectivity index (χ1n) is 13.7. The topological polar surface area (TPSA) is 49.2 Å². The predicted molar refractivity (Wildman–Crippen MR) is 148 cm³/mol. The van der Waals surface area contributed by atoms with Gasteiger partial charge in [0, 0.05) is 68.7 Å². The van der Waals surface area contributed by atoms with Crippen LogP contribution in [-0.4, -0.2) is 64.1 Å². The molecule has 2 fully saturated rings. The van der Waals surface area contributed by atoms with Gasteiger partial charge in [-0.15, -0.1) is 0 Å². The first-order valence-corrected chi connectivity index (χ1v) is 13.7. The van der Waals surface area contributed by atoms with E-state index in [0.717, 1.165) is 56.3 Å². The molecule has 2 aromatic heterocycles. The molecule has 1 saturated carbocycles. The second kappa shape index (κ2) is 12.5. The number of rotatable bonds is 6. The highest BCUT2D eigenvalue weighted by Gasteiger charge is 2.21. The Hall–Kier alpha value is -2.44. The molecule has 35 heavy (non-hydrogen) atoms. The number of piperazine rings is 1. The monoisotopic (exact) mass is 476 g/mol. The minimum atomic E-state index is 0.542. The van der Waals surface area contributed by atoms with E-state index in [2.05, 4.69) is 82.9 Å². The Morgan fingerprint density at radius 1 is 0.943 bits per heavy atom. The van der Waals surface area contributed by atoms with Crippen molar-refractivity contribution in [2.45, 2.75) is 71.9 Å². The van der Waals surface area contributed by atoms with Gasteiger partial charge in [0.25, 0.3) is 0 Å². The summed E-state index contributed by atoms with van der Waals surface area (Å²) in [5.74, 6) is 0.726. The van der Waals surface area contributed by atoms with Crippen molar-refractivity contribution in [2.75, 3.05) is 45.1 Å². The van der Waals surface area contributed by atoms with E-state index < -0.39 is 0 Å². The molecule has 0 bridgehead atoms. The van der Waals surface area contributed by atoms with Gasteiger partial charge >= 0.3 is 0 Å². The zero-order valence-corrected chi connectivity index (χ0v) is 22.3. The first kappa shape index (κ1) is 25.6. The fraction of sp³-hybridized carbons (Fsp3) is 0.586. The molecular weight excluding hydrogens is 432 g/mol. The summed E-state index contributed by atoms with van der Waals surface area (Å²) in [5.41, 5.74) is 4.96. The average Bonchev–Trinajstić information content (AvgIpc) is 3.26. The maximum absolute atomic E-state index is 4.92. The summed E-state index contributed by atoms with van der Waals surface area (Å²) in [7, 11) is 2.21. The number of nitrogens with zero attached hydrogens (tertiary/aromatic N) is 5. The molecule has 1 N–H and O–H groups in total. The van der Waals surface area contributed by atoms with E-state index in [1.165, 1.54) is 55.2 Å². The van der Waals surface area contributed by atoms with E-state index >= 15 is 0 Å². The van der Waals surface area contributed by atoms with Gasteiger partial charge in [0.15, 0.2) is 0 Å². The third kappa shape index (κ3) is 6.42. The number of likely N-dealkylation sites (N-methyl/N-ethyl adjacent to an activating group) is 1. The molecule has 6 heteroatoms. The molecular formula is C29H44N6. The number of fused-ring (bicyclic) bond motifs is 1. The Kier molecular flexibility index (Phi) is 9.16. The lowest BCUT2D eigenvalue weighted by Gasteiger charge is -2.32. The van der Waals surface area contributed by atoms with Gasteiger partial charge in [0.2, 0.25) is 5.95 Å². The standard InChI is InChI=1S/C26H36N6.C3H8/c1-3-27-26-28-17-23-24(19-32(25(23)29-26)22-7-5-4-6-8-22)21-11-9-20(10-12-21)18-31-15-13-30(2)14-16-31;1-3-2/h9-12,17,19,22H,3-8,13-16,18H2,1-2H3,(H,27,28,29);3H2,1-2H3. The first-order chi connectivity index (χ1) is 17.1. The highest BCUT2D eigenvalue weighted by molar-refractivity contribution is 5.94. The summed E-state index contributed by atoms with van der Waals surface area (Å²) in [4.78, 5) is 14.5. The van der Waals surface area contributed by atoms with E-state index in [9.17, 15) is 0 Å². The number of hydrogen-bond acceptors (Lipinski definition) is 5. The molecule has 3 heterocycles. The van der Waals surface area contributed by atoms with E-state index in [-0.39, 0.29) is 0 Å². The van der Waals surface area contributed by atoms with Gasteiger partial charge in [-0.1, -0.05) is 63.8 Å². The van der Waals surface area contributed by atoms with Crippen LogP contribution in [-0.2, 0) is 6.54 Å². The zero-order valence-electron chi connectivity index (χ0n) is 22.3. The lowest BCUT2D eigenvalue weighted by molar-refractivity contribution is 0.148. The van der Waals surface area contributed by atoms with Crippen molar-refractivity contribution < 1.29 is 0 Å². The highest BCUT2D eigenvalue weighted by atomic mass is 15.2. The maximum atomic E-state index is 4.92. The Morgan fingerprint density at radius 3 is 2.29 bits per heavy atom. The van der Waals surface area contributed by atoms with Gasteiger partial charge in [-0.2, -0.15) is 4.98 Å². The van der Waals surface area contributed by atoms with Crippen molar-refractivity contribution in [2.24, 2.45) is 0 Å². The van der Waals surface area contributed by atoms with Crippen molar-refractivity contribution in [3.63, 3.8) is 0 Å². The van der Waals surface area contributed by atoms with Gasteiger partial charge in [-0.05, 0) is 37.9 Å². The van der Waals surface area contributed by atoms with Crippen LogP contribution in [0.2, 0.25) is 0 Å². The largest absolute Gasteiger partial charge is 0.354 e. The third-order valence-electron chi connectivity index (χ3n) is 7.14. The zero-order chi connectivity index (χ0) is 24.6. The minimum Gasteiger partial charge on any atom is -0.354 e. The van der Waals surface area contributed by atoms with Gasteiger partial charge < -0.3 is 14.8 Å². The third-order valence-corrected chi connectivity index (χ3v) is 7.14. The maximum Gasteiger partial charge on any atom is 0.224 e. The van der Waals surface area contributed by atoms with Crippen LogP contribution in [0.4, 0.5) is 5.95 Å². The summed E-state index contributed by atoms with van der Waals surface area (Å²) < 4.78 is 2.44. The van der Waals surface area contributed by atoms with Crippen LogP contribution in [0.5, 0.6) is 0 Å². The molecule has 1 aliphatic heterocycles. The fourth-order valence-electron chi connectivity index (χ4n) is 5.19. The van der Waals surface area contributed by atoms with E-state index in [1.807, 2.05) is 6.20 Å². The summed E-state index contributed by atoms with van der Waals surface area (Å²) in [6, 6.07) is 9.70. The number of anilines is 1. The highest BCUT2D eigenvalue weighted by Crippen LogP contribution is 2.36. The van der Waals surface area contributed by atoms with E-state index in [0.29, 0.717) is 6.04 Å². The second-order valence-corrected chi connectivity index (χ2v) is 10.2. The average molecular weight is 477 g/mol. The van der Waals surface area contributed by atoms with Crippen molar-refractivity contribution in [3.8, 4) is 11.1 Å². The van der Waals surface area contributed by atoms with Crippen molar-refractivity contribution in [3.05, 3.63) is 42.2 Å². The van der Waals surface area contributed by atoms with Gasteiger partial charge in [-0.3, -0.25) is 4.90 Å². The lowest BCUT2D eigenvalue weighted by atomic mass is 9.95. The van der Waals surface area contributed by atoms with Crippen LogP contribution in [0.15, 0.2) is 36.7 Å². The molecule has 3 aromatic rings. The van der Waals surface area contributed by atoms with E-state index in [4.69, 9.17) is 4.98 Å². The summed E-state index contributed by atoms with van der Waals surface area (Å²) in [6.07, 6.45) is 12.1. The normalized spacial score (nSPS) is 17.8. The summed E-state index contributed by atoms with van der Waals surface area (Å²) in [5, 5.41) is 4.44. The summed E-state index contributed by atoms with van der Waals surface area (Å²) >= 11 is 0. The predicted octanol–water partition coefficient (Wildman–Crippen LogP) is 6.20. The molecule has 0 unspecified atom stereocenters. The quantitative estimate of drug-likeness (QED) is 0.459. The van der Waals surface area contributed by atoms with Gasteiger partial charge in [0.1, 0.15) is 5.65 Å². The van der Waals surface area contributed by atoms with Crippen LogP contribution >= 0.6 is 0 Å². The molecule has 0 radical (unpaired) electrons. The minimum absolute atomic E-state index is 0.542. The van der Waals surface area contributed by atoms with Gasteiger partial charge in [0.05, 0.1) is 0 Å². The molecule has 1 aliphatic carbocycles. The number of aromatic nitrogens is 3. The SMILES string of the molecule is CCC.CCNc1ncc2c(-c3ccc(CN4CCN(C)CC4)cc3)cn(C3CCCCC3)c2n1. The lowest BCUT2D eigenvalue weighted by Crippen LogP contribution is -2.43. The molecule has 2 aliphatic rings. The van der Waals surface area contributed by atoms with Crippen LogP contribution in [0.3, 0.4) is 0 Å². The Bertz CT molecular complexity index is 1040. The van der Waals surface area contributed by atoms with Crippen LogP contribution in [0.1, 0.15) is 70.9 Å².